The molecule has 0 aliphatic rings. The zero-order valence-corrected chi connectivity index (χ0v) is 13.2. The molecular formula is C14H23NO5S. The number of benzene rings is 1. The van der Waals surface area contributed by atoms with Crippen molar-refractivity contribution >= 4 is 9.84 Å². The number of rotatable bonds is 10. The van der Waals surface area contributed by atoms with Gasteiger partial charge in [-0.05, 0) is 17.7 Å². The SMILES string of the molecule is COCCOCCNCC(O)c1ccc(S(C)(=O)=O)cc1. The van der Waals surface area contributed by atoms with E-state index in [0.29, 0.717) is 38.5 Å². The van der Waals surface area contributed by atoms with Crippen LogP contribution in [0.4, 0.5) is 0 Å². The molecule has 6 nitrogen and oxygen atoms in total. The molecule has 21 heavy (non-hydrogen) atoms. The molecule has 0 heterocycles. The van der Waals surface area contributed by atoms with Gasteiger partial charge in [0.05, 0.1) is 30.8 Å². The third-order valence-electron chi connectivity index (χ3n) is 2.89. The first-order valence-electron chi connectivity index (χ1n) is 6.70. The molecule has 1 rings (SSSR count). The lowest BCUT2D eigenvalue weighted by Crippen LogP contribution is -2.25. The minimum atomic E-state index is -3.20. The molecule has 1 aromatic rings. The summed E-state index contributed by atoms with van der Waals surface area (Å²) in [6.45, 7) is 2.67. The van der Waals surface area contributed by atoms with Crippen molar-refractivity contribution in [2.75, 3.05) is 46.3 Å². The summed E-state index contributed by atoms with van der Waals surface area (Å²) in [5.74, 6) is 0. The van der Waals surface area contributed by atoms with E-state index in [1.807, 2.05) is 0 Å². The lowest BCUT2D eigenvalue weighted by Gasteiger charge is -2.13. The van der Waals surface area contributed by atoms with Gasteiger partial charge >= 0.3 is 0 Å². The highest BCUT2D eigenvalue weighted by Crippen LogP contribution is 2.15. The van der Waals surface area contributed by atoms with Crippen LogP contribution >= 0.6 is 0 Å². The summed E-state index contributed by atoms with van der Waals surface area (Å²) < 4.78 is 32.8. The Kier molecular flexibility index (Phi) is 7.84. The average molecular weight is 317 g/mol. The first-order valence-corrected chi connectivity index (χ1v) is 8.59. The lowest BCUT2D eigenvalue weighted by molar-refractivity contribution is 0.0703. The summed E-state index contributed by atoms with van der Waals surface area (Å²) in [6, 6.07) is 6.25. The molecule has 0 amide bonds. The molecule has 7 heteroatoms. The molecule has 0 aliphatic heterocycles. The van der Waals surface area contributed by atoms with Crippen LogP contribution in [0.25, 0.3) is 0 Å². The van der Waals surface area contributed by atoms with E-state index in [0.717, 1.165) is 6.26 Å². The van der Waals surface area contributed by atoms with Crippen LogP contribution in [0.5, 0.6) is 0 Å². The summed E-state index contributed by atoms with van der Waals surface area (Å²) in [4.78, 5) is 0.248. The topological polar surface area (TPSA) is 84.9 Å². The highest BCUT2D eigenvalue weighted by molar-refractivity contribution is 7.90. The van der Waals surface area contributed by atoms with Crippen LogP contribution < -0.4 is 5.32 Å². The molecule has 120 valence electrons. The van der Waals surface area contributed by atoms with Crippen LogP contribution in [-0.2, 0) is 19.3 Å². The van der Waals surface area contributed by atoms with Gasteiger partial charge in [-0.3, -0.25) is 0 Å². The van der Waals surface area contributed by atoms with Crippen LogP contribution in [0.2, 0.25) is 0 Å². The maximum atomic E-state index is 11.3. The second-order valence-corrected chi connectivity index (χ2v) is 6.68. The monoisotopic (exact) mass is 317 g/mol. The number of hydrogen-bond donors (Lipinski definition) is 2. The molecule has 1 atom stereocenters. The van der Waals surface area contributed by atoms with Crippen LogP contribution in [0.15, 0.2) is 29.2 Å². The first-order chi connectivity index (χ1) is 9.95. The molecule has 1 aromatic carbocycles. The van der Waals surface area contributed by atoms with Crippen LogP contribution in [0, 0.1) is 0 Å². The van der Waals surface area contributed by atoms with Crippen molar-refractivity contribution in [3.05, 3.63) is 29.8 Å². The van der Waals surface area contributed by atoms with Crippen molar-refractivity contribution in [3.63, 3.8) is 0 Å². The summed E-state index contributed by atoms with van der Waals surface area (Å²) >= 11 is 0. The van der Waals surface area contributed by atoms with E-state index in [9.17, 15) is 13.5 Å². The van der Waals surface area contributed by atoms with Crippen molar-refractivity contribution in [3.8, 4) is 0 Å². The van der Waals surface area contributed by atoms with Gasteiger partial charge in [-0.15, -0.1) is 0 Å². The van der Waals surface area contributed by atoms with Gasteiger partial charge in [-0.25, -0.2) is 8.42 Å². The van der Waals surface area contributed by atoms with Crippen molar-refractivity contribution < 1.29 is 23.0 Å². The Morgan fingerprint density at radius 2 is 1.86 bits per heavy atom. The zero-order chi connectivity index (χ0) is 15.7. The summed E-state index contributed by atoms with van der Waals surface area (Å²) in [7, 11) is -1.58. The van der Waals surface area contributed by atoms with E-state index in [4.69, 9.17) is 9.47 Å². The highest BCUT2D eigenvalue weighted by Gasteiger charge is 2.10. The van der Waals surface area contributed by atoms with Gasteiger partial charge in [-0.1, -0.05) is 12.1 Å². The van der Waals surface area contributed by atoms with Gasteiger partial charge in [-0.2, -0.15) is 0 Å². The Labute approximate surface area is 126 Å². The van der Waals surface area contributed by atoms with E-state index >= 15 is 0 Å². The van der Waals surface area contributed by atoms with E-state index in [1.54, 1.807) is 19.2 Å². The molecule has 0 fully saturated rings. The standard InChI is InChI=1S/C14H23NO5S/c1-19-9-10-20-8-7-15-11-14(16)12-3-5-13(6-4-12)21(2,17)18/h3-6,14-16H,7-11H2,1-2H3. The van der Waals surface area contributed by atoms with Gasteiger partial charge in [0.2, 0.25) is 0 Å². The van der Waals surface area contributed by atoms with Gasteiger partial charge in [0, 0.05) is 26.5 Å². The Balaban J connectivity index is 2.31. The summed E-state index contributed by atoms with van der Waals surface area (Å²) in [5.41, 5.74) is 0.676. The fourth-order valence-electron chi connectivity index (χ4n) is 1.68. The number of aliphatic hydroxyl groups is 1. The molecule has 1 unspecified atom stereocenters. The number of hydrogen-bond acceptors (Lipinski definition) is 6. The van der Waals surface area contributed by atoms with Crippen LogP contribution in [0.1, 0.15) is 11.7 Å². The molecule has 0 radical (unpaired) electrons. The minimum Gasteiger partial charge on any atom is -0.387 e. The van der Waals surface area contributed by atoms with Gasteiger partial charge in [0.1, 0.15) is 0 Å². The maximum absolute atomic E-state index is 11.3. The molecule has 2 N–H and O–H groups in total. The summed E-state index contributed by atoms with van der Waals surface area (Å²) in [5, 5.41) is 13.1. The van der Waals surface area contributed by atoms with Gasteiger partial charge in [0.25, 0.3) is 0 Å². The number of aliphatic hydroxyl groups excluding tert-OH is 1. The van der Waals surface area contributed by atoms with E-state index in [-0.39, 0.29) is 4.90 Å². The second-order valence-electron chi connectivity index (χ2n) is 4.67. The second kappa shape index (κ2) is 9.11. The minimum absolute atomic E-state index is 0.248. The Hall–Kier alpha value is -0.990. The smallest absolute Gasteiger partial charge is 0.175 e. The number of ether oxygens (including phenoxy) is 2. The lowest BCUT2D eigenvalue weighted by atomic mass is 10.1. The predicted octanol–water partition coefficient (Wildman–Crippen LogP) is 0.376. The third-order valence-corrected chi connectivity index (χ3v) is 4.01. The Bertz CT molecular complexity index is 501. The third kappa shape index (κ3) is 7.01. The van der Waals surface area contributed by atoms with Crippen molar-refractivity contribution in [1.82, 2.24) is 5.32 Å². The quantitative estimate of drug-likeness (QED) is 0.607. The molecule has 0 aliphatic carbocycles. The fraction of sp³-hybridized carbons (Fsp3) is 0.571. The van der Waals surface area contributed by atoms with Crippen LogP contribution in [-0.4, -0.2) is 59.8 Å². The fourth-order valence-corrected chi connectivity index (χ4v) is 2.31. The average Bonchev–Trinajstić information content (AvgIpc) is 2.45. The van der Waals surface area contributed by atoms with Gasteiger partial charge in [0.15, 0.2) is 9.84 Å². The largest absolute Gasteiger partial charge is 0.387 e. The number of methoxy groups -OCH3 is 1. The Morgan fingerprint density at radius 1 is 1.19 bits per heavy atom. The Morgan fingerprint density at radius 3 is 2.43 bits per heavy atom. The molecule has 0 bridgehead atoms. The zero-order valence-electron chi connectivity index (χ0n) is 12.4. The first kappa shape index (κ1) is 18.1. The summed E-state index contributed by atoms with van der Waals surface area (Å²) in [6.07, 6.45) is 0.474. The number of nitrogens with one attached hydrogen (secondary N) is 1. The van der Waals surface area contributed by atoms with Crippen LogP contribution in [0.3, 0.4) is 0 Å². The molecule has 0 saturated carbocycles. The van der Waals surface area contributed by atoms with E-state index in [2.05, 4.69) is 5.32 Å². The van der Waals surface area contributed by atoms with Crippen molar-refractivity contribution in [2.24, 2.45) is 0 Å². The maximum Gasteiger partial charge on any atom is 0.175 e. The van der Waals surface area contributed by atoms with E-state index < -0.39 is 15.9 Å². The molecule has 0 aromatic heterocycles. The predicted molar refractivity (Wildman–Crippen MR) is 80.1 cm³/mol. The number of sulfone groups is 1. The van der Waals surface area contributed by atoms with Crippen molar-refractivity contribution in [2.45, 2.75) is 11.0 Å². The highest BCUT2D eigenvalue weighted by atomic mass is 32.2. The molecule has 0 saturated heterocycles. The normalized spacial score (nSPS) is 13.3. The van der Waals surface area contributed by atoms with Crippen molar-refractivity contribution in [1.29, 1.82) is 0 Å². The molecule has 0 spiro atoms. The van der Waals surface area contributed by atoms with Gasteiger partial charge < -0.3 is 19.9 Å². The molecular weight excluding hydrogens is 294 g/mol. The van der Waals surface area contributed by atoms with E-state index in [1.165, 1.54) is 12.1 Å².